The molecular weight excluding hydrogens is 500 g/mol. The summed E-state index contributed by atoms with van der Waals surface area (Å²) in [6.45, 7) is 0. The predicted octanol–water partition coefficient (Wildman–Crippen LogP) is 7.54. The predicted molar refractivity (Wildman–Crippen MR) is 125 cm³/mol. The zero-order chi connectivity index (χ0) is 26.4. The Kier molecular flexibility index (Phi) is 5.81. The van der Waals surface area contributed by atoms with Crippen LogP contribution in [0.1, 0.15) is 11.3 Å². The summed E-state index contributed by atoms with van der Waals surface area (Å²) >= 11 is 0. The lowest BCUT2D eigenvalue weighted by molar-refractivity contribution is -0.140. The number of ether oxygens (including phenoxy) is 1. The molecule has 5 rings (SSSR count). The largest absolute Gasteiger partial charge is 0.457 e. The van der Waals surface area contributed by atoms with Gasteiger partial charge < -0.3 is 19.6 Å². The number of hydrogen-bond acceptors (Lipinski definition) is 4. The molecule has 2 aromatic carbocycles. The minimum atomic E-state index is -4.50. The summed E-state index contributed by atoms with van der Waals surface area (Å²) < 4.78 is 84.7. The fourth-order valence-corrected chi connectivity index (χ4v) is 3.69. The Hall–Kier alpha value is -4.48. The highest BCUT2D eigenvalue weighted by Crippen LogP contribution is 2.33. The Bertz CT molecular complexity index is 1570. The Labute approximate surface area is 205 Å². The summed E-state index contributed by atoms with van der Waals surface area (Å²) in [6, 6.07) is 15.0. The zero-order valence-electron chi connectivity index (χ0n) is 18.9. The molecule has 12 heteroatoms. The highest BCUT2D eigenvalue weighted by molar-refractivity contribution is 5.81. The summed E-state index contributed by atoms with van der Waals surface area (Å²) in [5.41, 5.74) is 0.571. The van der Waals surface area contributed by atoms with Crippen molar-refractivity contribution in [2.75, 3.05) is 5.32 Å². The van der Waals surface area contributed by atoms with Crippen LogP contribution in [0.5, 0.6) is 11.5 Å². The average Bonchev–Trinajstić information content (AvgIpc) is 3.45. The molecule has 6 nitrogen and oxygen atoms in total. The molecule has 37 heavy (non-hydrogen) atoms. The molecule has 0 saturated heterocycles. The van der Waals surface area contributed by atoms with Crippen molar-refractivity contribution in [1.82, 2.24) is 19.5 Å². The SMILES string of the molecule is Cn1c(Nc2ccc(C(F)(F)F)cc2)nc2cc(Oc3ccnc(-c4ccc(C(F)(F)F)[nH]4)c3)ccc21. The number of nitrogens with zero attached hydrogens (tertiary/aromatic N) is 3. The van der Waals surface area contributed by atoms with Crippen LogP contribution in [0.2, 0.25) is 0 Å². The molecule has 0 bridgehead atoms. The molecule has 0 unspecified atom stereocenters. The van der Waals surface area contributed by atoms with Gasteiger partial charge in [0.1, 0.15) is 17.2 Å². The molecular formula is C25H17F6N5O. The zero-order valence-corrected chi connectivity index (χ0v) is 18.9. The Morgan fingerprint density at radius 3 is 2.24 bits per heavy atom. The molecule has 0 fully saturated rings. The number of aromatic nitrogens is 4. The van der Waals surface area contributed by atoms with Crippen molar-refractivity contribution in [3.8, 4) is 22.9 Å². The lowest BCUT2D eigenvalue weighted by Gasteiger charge is -2.09. The van der Waals surface area contributed by atoms with Gasteiger partial charge in [0.15, 0.2) is 0 Å². The molecule has 3 aromatic heterocycles. The summed E-state index contributed by atoms with van der Waals surface area (Å²) in [5, 5.41) is 3.00. The fraction of sp³-hybridized carbons (Fsp3) is 0.120. The summed E-state index contributed by atoms with van der Waals surface area (Å²) in [4.78, 5) is 10.9. The van der Waals surface area contributed by atoms with E-state index in [0.717, 1.165) is 23.7 Å². The van der Waals surface area contributed by atoms with Crippen molar-refractivity contribution < 1.29 is 31.1 Å². The van der Waals surface area contributed by atoms with Gasteiger partial charge in [0.25, 0.3) is 0 Å². The van der Waals surface area contributed by atoms with Gasteiger partial charge in [0.2, 0.25) is 5.95 Å². The number of hydrogen-bond donors (Lipinski definition) is 2. The first-order valence-electron chi connectivity index (χ1n) is 10.8. The second-order valence-electron chi connectivity index (χ2n) is 8.11. The number of aryl methyl sites for hydroxylation is 1. The molecule has 2 N–H and O–H groups in total. The second-order valence-corrected chi connectivity index (χ2v) is 8.11. The second kappa shape index (κ2) is 8.87. The number of halogens is 6. The van der Waals surface area contributed by atoms with Crippen LogP contribution < -0.4 is 10.1 Å². The smallest absolute Gasteiger partial charge is 0.431 e. The van der Waals surface area contributed by atoms with Crippen LogP contribution in [0.4, 0.5) is 38.0 Å². The van der Waals surface area contributed by atoms with Gasteiger partial charge in [-0.3, -0.25) is 4.98 Å². The van der Waals surface area contributed by atoms with E-state index in [1.54, 1.807) is 35.9 Å². The van der Waals surface area contributed by atoms with Crippen LogP contribution >= 0.6 is 0 Å². The lowest BCUT2D eigenvalue weighted by atomic mass is 10.2. The number of fused-ring (bicyclic) bond motifs is 1. The maximum Gasteiger partial charge on any atom is 0.431 e. The molecule has 190 valence electrons. The van der Waals surface area contributed by atoms with Crippen molar-refractivity contribution in [2.45, 2.75) is 12.4 Å². The molecule has 3 heterocycles. The van der Waals surface area contributed by atoms with E-state index >= 15 is 0 Å². The van der Waals surface area contributed by atoms with E-state index in [1.165, 1.54) is 30.5 Å². The Balaban J connectivity index is 1.36. The van der Waals surface area contributed by atoms with Crippen molar-refractivity contribution in [3.63, 3.8) is 0 Å². The van der Waals surface area contributed by atoms with Gasteiger partial charge in [-0.05, 0) is 54.6 Å². The maximum absolute atomic E-state index is 12.9. The molecule has 0 radical (unpaired) electrons. The van der Waals surface area contributed by atoms with E-state index in [9.17, 15) is 26.3 Å². The summed E-state index contributed by atoms with van der Waals surface area (Å²) in [5.74, 6) is 1.18. The highest BCUT2D eigenvalue weighted by Gasteiger charge is 2.32. The van der Waals surface area contributed by atoms with Crippen LogP contribution in [-0.4, -0.2) is 19.5 Å². The molecule has 5 aromatic rings. The monoisotopic (exact) mass is 517 g/mol. The van der Waals surface area contributed by atoms with E-state index in [4.69, 9.17) is 4.74 Å². The number of imidazole rings is 1. The van der Waals surface area contributed by atoms with Gasteiger partial charge in [0.05, 0.1) is 28.0 Å². The molecule has 0 aliphatic carbocycles. The third-order valence-corrected chi connectivity index (χ3v) is 5.56. The number of anilines is 2. The molecule has 0 aliphatic heterocycles. The number of H-pyrrole nitrogens is 1. The summed E-state index contributed by atoms with van der Waals surface area (Å²) in [7, 11) is 1.75. The maximum atomic E-state index is 12.9. The standard InChI is InChI=1S/C25H17F6N5O/c1-36-21-8-6-16(13-20(21)35-23(36)33-15-4-2-14(3-5-15)24(26,27)28)37-17-10-11-32-19(12-17)18-7-9-22(34-18)25(29,30)31/h2-13,34H,1H3,(H,33,35). The van der Waals surface area contributed by atoms with Crippen molar-refractivity contribution in [3.05, 3.63) is 84.2 Å². The number of rotatable bonds is 5. The van der Waals surface area contributed by atoms with E-state index in [0.29, 0.717) is 28.7 Å². The van der Waals surface area contributed by atoms with Gasteiger partial charge in [-0.25, -0.2) is 4.98 Å². The first-order valence-corrected chi connectivity index (χ1v) is 10.8. The van der Waals surface area contributed by atoms with Crippen molar-refractivity contribution >= 4 is 22.7 Å². The van der Waals surface area contributed by atoms with Crippen LogP contribution in [-0.2, 0) is 19.4 Å². The van der Waals surface area contributed by atoms with Crippen LogP contribution in [0, 0.1) is 0 Å². The number of pyridine rings is 1. The van der Waals surface area contributed by atoms with Gasteiger partial charge in [-0.2, -0.15) is 26.3 Å². The average molecular weight is 517 g/mol. The minimum Gasteiger partial charge on any atom is -0.457 e. The summed E-state index contributed by atoms with van der Waals surface area (Å²) in [6.07, 6.45) is -7.50. The highest BCUT2D eigenvalue weighted by atomic mass is 19.4. The Morgan fingerprint density at radius 2 is 1.57 bits per heavy atom. The van der Waals surface area contributed by atoms with Gasteiger partial charge in [-0.15, -0.1) is 0 Å². The normalized spacial score (nSPS) is 12.2. The van der Waals surface area contributed by atoms with E-state index in [1.807, 2.05) is 0 Å². The minimum absolute atomic E-state index is 0.192. The van der Waals surface area contributed by atoms with Gasteiger partial charge >= 0.3 is 12.4 Å². The molecule has 0 saturated carbocycles. The molecule has 0 atom stereocenters. The number of alkyl halides is 6. The molecule has 0 amide bonds. The molecule has 0 aliphatic rings. The number of aromatic amines is 1. The third kappa shape index (κ3) is 5.08. The van der Waals surface area contributed by atoms with Crippen LogP contribution in [0.3, 0.4) is 0 Å². The fourth-order valence-electron chi connectivity index (χ4n) is 3.69. The number of nitrogens with one attached hydrogen (secondary N) is 2. The van der Waals surface area contributed by atoms with E-state index in [-0.39, 0.29) is 11.4 Å². The van der Waals surface area contributed by atoms with E-state index < -0.39 is 23.6 Å². The topological polar surface area (TPSA) is 67.8 Å². The van der Waals surface area contributed by atoms with Crippen LogP contribution in [0.25, 0.3) is 22.4 Å². The van der Waals surface area contributed by atoms with Gasteiger partial charge in [-0.1, -0.05) is 0 Å². The van der Waals surface area contributed by atoms with Crippen molar-refractivity contribution in [2.24, 2.45) is 7.05 Å². The first kappa shape index (κ1) is 24.2. The van der Waals surface area contributed by atoms with Crippen LogP contribution in [0.15, 0.2) is 72.9 Å². The quantitative estimate of drug-likeness (QED) is 0.237. The van der Waals surface area contributed by atoms with Crippen molar-refractivity contribution in [1.29, 1.82) is 0 Å². The third-order valence-electron chi connectivity index (χ3n) is 5.56. The Morgan fingerprint density at radius 1 is 0.838 bits per heavy atom. The number of benzene rings is 2. The lowest BCUT2D eigenvalue weighted by Crippen LogP contribution is -2.05. The first-order chi connectivity index (χ1) is 17.5. The molecule has 0 spiro atoms. The van der Waals surface area contributed by atoms with Gasteiger partial charge in [0, 0.05) is 31.1 Å². The van der Waals surface area contributed by atoms with E-state index in [2.05, 4.69) is 20.3 Å².